The first-order valence-corrected chi connectivity index (χ1v) is 11.9. The molecule has 11 heteroatoms. The van der Waals surface area contributed by atoms with E-state index in [9.17, 15) is 9.59 Å². The number of aromatic nitrogens is 6. The molecule has 4 aromatic heterocycles. The minimum atomic E-state index is -0.632. The van der Waals surface area contributed by atoms with Crippen LogP contribution in [-0.2, 0) is 17.8 Å². The molecule has 5 aromatic rings. The van der Waals surface area contributed by atoms with Gasteiger partial charge in [-0.3, -0.25) is 14.6 Å². The second-order valence-electron chi connectivity index (χ2n) is 8.74. The van der Waals surface area contributed by atoms with Crippen molar-refractivity contribution in [3.8, 4) is 28.8 Å². The van der Waals surface area contributed by atoms with E-state index in [1.807, 2.05) is 36.4 Å². The van der Waals surface area contributed by atoms with Crippen molar-refractivity contribution < 1.29 is 19.1 Å². The fourth-order valence-electron chi connectivity index (χ4n) is 4.86. The number of amides is 1. The highest BCUT2D eigenvalue weighted by atomic mass is 16.5. The number of carbonyl (C=O) groups excluding carboxylic acids is 2. The summed E-state index contributed by atoms with van der Waals surface area (Å²) in [4.78, 5) is 44.6. The fourth-order valence-corrected chi connectivity index (χ4v) is 4.86. The number of hydrogen-bond acceptors (Lipinski definition) is 8. The summed E-state index contributed by atoms with van der Waals surface area (Å²) in [5.41, 5.74) is 4.77. The molecular weight excluding hydrogens is 486 g/mol. The highest BCUT2D eigenvalue weighted by Gasteiger charge is 2.31. The third-order valence-corrected chi connectivity index (χ3v) is 6.68. The number of Topliss-reactive ketones (excluding diaryl/α,β-unsaturated/α-hetero) is 1. The molecule has 1 amide bonds. The number of nitrogens with zero attached hydrogens (tertiary/aromatic N) is 6. The zero-order valence-electron chi connectivity index (χ0n) is 20.7. The number of H-pyrrole nitrogens is 1. The number of rotatable bonds is 6. The average molecular weight is 510 g/mol. The van der Waals surface area contributed by atoms with Crippen LogP contribution in [0.1, 0.15) is 21.5 Å². The Bertz CT molecular complexity index is 1680. The zero-order chi connectivity index (χ0) is 26.2. The first kappa shape index (κ1) is 23.3. The molecule has 11 nitrogen and oxygen atoms in total. The maximum absolute atomic E-state index is 13.5. The molecule has 0 spiro atoms. The molecular formula is C27H23N7O4. The van der Waals surface area contributed by atoms with E-state index >= 15 is 0 Å². The molecule has 0 aliphatic carbocycles. The van der Waals surface area contributed by atoms with Gasteiger partial charge in [-0.05, 0) is 29.7 Å². The Morgan fingerprint density at radius 1 is 1.03 bits per heavy atom. The smallest absolute Gasteiger partial charge is 0.335 e. The van der Waals surface area contributed by atoms with Crippen LogP contribution in [0.15, 0.2) is 61.3 Å². The van der Waals surface area contributed by atoms with Gasteiger partial charge in [-0.25, -0.2) is 4.98 Å². The first-order valence-electron chi connectivity index (χ1n) is 11.9. The first-order chi connectivity index (χ1) is 18.6. The molecule has 1 aliphatic heterocycles. The van der Waals surface area contributed by atoms with E-state index in [0.717, 1.165) is 22.4 Å². The summed E-state index contributed by atoms with van der Waals surface area (Å²) in [5, 5.41) is 4.66. The molecule has 6 rings (SSSR count). The van der Waals surface area contributed by atoms with Crippen molar-refractivity contribution in [2.24, 2.45) is 0 Å². The lowest BCUT2D eigenvalue weighted by Gasteiger charge is -2.29. The molecule has 1 N–H and O–H groups in total. The number of aromatic amines is 1. The maximum atomic E-state index is 13.5. The van der Waals surface area contributed by atoms with E-state index in [4.69, 9.17) is 9.47 Å². The van der Waals surface area contributed by atoms with Gasteiger partial charge in [-0.2, -0.15) is 9.67 Å². The molecule has 1 aromatic carbocycles. The Kier molecular flexibility index (Phi) is 5.79. The summed E-state index contributed by atoms with van der Waals surface area (Å²) in [6.45, 7) is 0.762. The Morgan fingerprint density at radius 2 is 1.92 bits per heavy atom. The number of hydrogen-bond donors (Lipinski definition) is 1. The van der Waals surface area contributed by atoms with E-state index in [0.29, 0.717) is 42.0 Å². The Labute approximate surface area is 217 Å². The van der Waals surface area contributed by atoms with Gasteiger partial charge >= 0.3 is 6.01 Å². The van der Waals surface area contributed by atoms with E-state index in [1.165, 1.54) is 37.6 Å². The third kappa shape index (κ3) is 3.84. The van der Waals surface area contributed by atoms with Crippen molar-refractivity contribution in [1.82, 2.24) is 34.6 Å². The van der Waals surface area contributed by atoms with Crippen LogP contribution in [0.5, 0.6) is 11.8 Å². The molecule has 5 heterocycles. The average Bonchev–Trinajstić information content (AvgIpc) is 3.64. The molecule has 0 saturated heterocycles. The van der Waals surface area contributed by atoms with Crippen molar-refractivity contribution >= 4 is 22.6 Å². The topological polar surface area (TPSA) is 128 Å². The molecule has 0 atom stereocenters. The van der Waals surface area contributed by atoms with Crippen LogP contribution < -0.4 is 9.47 Å². The Morgan fingerprint density at radius 3 is 2.68 bits per heavy atom. The van der Waals surface area contributed by atoms with Crippen molar-refractivity contribution in [3.63, 3.8) is 0 Å². The molecule has 1 aliphatic rings. The zero-order valence-corrected chi connectivity index (χ0v) is 20.7. The standard InChI is InChI=1S/C27H23N7O4/c1-37-21-13-30-25(34-15-31-27(32-34)38-2)23-22(21)19(12-29-23)24(35)26(36)33-11-9-17-16(14-33)6-5-7-18(17)20-8-3-4-10-28-20/h3-8,10,12-13,15,29H,9,11,14H2,1-2H3. The second kappa shape index (κ2) is 9.43. The largest absolute Gasteiger partial charge is 0.494 e. The normalized spacial score (nSPS) is 12.8. The number of methoxy groups -OCH3 is 2. The number of carbonyl (C=O) groups is 2. The van der Waals surface area contributed by atoms with E-state index < -0.39 is 11.7 Å². The second-order valence-corrected chi connectivity index (χ2v) is 8.74. The van der Waals surface area contributed by atoms with Crippen LogP contribution >= 0.6 is 0 Å². The summed E-state index contributed by atoms with van der Waals surface area (Å²) in [5.74, 6) is -0.468. The molecule has 0 radical (unpaired) electrons. The Hall–Kier alpha value is -5.06. The monoisotopic (exact) mass is 509 g/mol. The summed E-state index contributed by atoms with van der Waals surface area (Å²) in [6.07, 6.45) is 6.83. The van der Waals surface area contributed by atoms with Gasteiger partial charge in [0.15, 0.2) is 5.82 Å². The summed E-state index contributed by atoms with van der Waals surface area (Å²) in [7, 11) is 2.95. The third-order valence-electron chi connectivity index (χ3n) is 6.68. The number of nitrogens with one attached hydrogen (secondary N) is 1. The van der Waals surface area contributed by atoms with Gasteiger partial charge in [-0.15, -0.1) is 5.10 Å². The lowest BCUT2D eigenvalue weighted by molar-refractivity contribution is -0.127. The van der Waals surface area contributed by atoms with E-state index in [2.05, 4.69) is 25.0 Å². The summed E-state index contributed by atoms with van der Waals surface area (Å²) >= 11 is 0. The predicted octanol–water partition coefficient (Wildman–Crippen LogP) is 2.99. The van der Waals surface area contributed by atoms with Crippen LogP contribution in [0.25, 0.3) is 28.0 Å². The highest BCUT2D eigenvalue weighted by Crippen LogP contribution is 2.33. The van der Waals surface area contributed by atoms with Crippen molar-refractivity contribution in [2.45, 2.75) is 13.0 Å². The van der Waals surface area contributed by atoms with Gasteiger partial charge in [0.05, 0.1) is 42.6 Å². The number of ketones is 1. The number of pyridine rings is 2. The Balaban J connectivity index is 1.32. The maximum Gasteiger partial charge on any atom is 0.335 e. The van der Waals surface area contributed by atoms with Gasteiger partial charge < -0.3 is 19.4 Å². The lowest BCUT2D eigenvalue weighted by Crippen LogP contribution is -2.40. The minimum absolute atomic E-state index is 0.172. The SMILES string of the molecule is COc1ncn(-c2ncc(OC)c3c(C(=O)C(=O)N4CCc5c(cccc5-c5ccccn5)C4)c[nH]c23)n1. The van der Waals surface area contributed by atoms with Crippen molar-refractivity contribution in [2.75, 3.05) is 20.8 Å². The fraction of sp³-hybridized carbons (Fsp3) is 0.185. The van der Waals surface area contributed by atoms with Crippen LogP contribution in [-0.4, -0.2) is 67.1 Å². The number of ether oxygens (including phenoxy) is 2. The molecule has 0 saturated carbocycles. The summed E-state index contributed by atoms with van der Waals surface area (Å²) in [6, 6.07) is 12.0. The molecule has 190 valence electrons. The molecule has 0 bridgehead atoms. The van der Waals surface area contributed by atoms with Crippen LogP contribution in [0.2, 0.25) is 0 Å². The van der Waals surface area contributed by atoms with E-state index in [-0.39, 0.29) is 11.6 Å². The van der Waals surface area contributed by atoms with Crippen molar-refractivity contribution in [1.29, 1.82) is 0 Å². The van der Waals surface area contributed by atoms with Gasteiger partial charge in [0, 0.05) is 31.0 Å². The minimum Gasteiger partial charge on any atom is -0.494 e. The van der Waals surface area contributed by atoms with Gasteiger partial charge in [0.1, 0.15) is 12.1 Å². The van der Waals surface area contributed by atoms with Crippen molar-refractivity contribution in [3.05, 3.63) is 78.0 Å². The highest BCUT2D eigenvalue weighted by molar-refractivity contribution is 6.45. The predicted molar refractivity (Wildman–Crippen MR) is 137 cm³/mol. The molecule has 0 fully saturated rings. The van der Waals surface area contributed by atoms with Crippen LogP contribution in [0, 0.1) is 0 Å². The molecule has 0 unspecified atom stereocenters. The van der Waals surface area contributed by atoms with E-state index in [1.54, 1.807) is 11.1 Å². The molecule has 38 heavy (non-hydrogen) atoms. The van der Waals surface area contributed by atoms with Gasteiger partial charge in [-0.1, -0.05) is 24.3 Å². The van der Waals surface area contributed by atoms with Crippen LogP contribution in [0.4, 0.5) is 0 Å². The summed E-state index contributed by atoms with van der Waals surface area (Å²) < 4.78 is 12.0. The van der Waals surface area contributed by atoms with Gasteiger partial charge in [0.2, 0.25) is 0 Å². The van der Waals surface area contributed by atoms with Crippen LogP contribution in [0.3, 0.4) is 0 Å². The number of benzene rings is 1. The quantitative estimate of drug-likeness (QED) is 0.273. The lowest BCUT2D eigenvalue weighted by atomic mass is 9.92. The number of fused-ring (bicyclic) bond motifs is 2. The van der Waals surface area contributed by atoms with Gasteiger partial charge in [0.25, 0.3) is 11.7 Å².